The maximum atomic E-state index is 13.6. The van der Waals surface area contributed by atoms with E-state index in [2.05, 4.69) is 25.6 Å². The minimum absolute atomic E-state index is 0.0272. The van der Waals surface area contributed by atoms with Gasteiger partial charge in [-0.25, -0.2) is 13.1 Å². The first-order valence-electron chi connectivity index (χ1n) is 18.6. The highest BCUT2D eigenvalue weighted by Gasteiger charge is 2.33. The Morgan fingerprint density at radius 3 is 2.28 bits per heavy atom. The molecule has 5 aromatic carbocycles. The van der Waals surface area contributed by atoms with Gasteiger partial charge in [0.05, 0.1) is 23.7 Å². The van der Waals surface area contributed by atoms with Gasteiger partial charge < -0.3 is 19.9 Å². The van der Waals surface area contributed by atoms with E-state index >= 15 is 0 Å². The standard InChI is InChI=1S/C43H44N6O6S2/c1-29-11-21-38(22-12-29)57(52,53)46-39(24-30-7-4-3-5-8-30)41(51)44-26-32-9-6-10-36(23-32)33-17-19-35(20-18-33)42-54-37(28-56-43-45-47-48-49(43)2)25-40(55-42)34-15-13-31(27-50)14-16-34/h3-23,37,39-40,42,46,50H,24-28H2,1-2H3,(H,44,51)/t37-,39-,40+,42+/m1/s1. The predicted octanol–water partition coefficient (Wildman–Crippen LogP) is 6.22. The molecule has 57 heavy (non-hydrogen) atoms. The van der Waals surface area contributed by atoms with Gasteiger partial charge in [0.25, 0.3) is 0 Å². The smallest absolute Gasteiger partial charge is 0.241 e. The van der Waals surface area contributed by atoms with Crippen LogP contribution in [0.1, 0.15) is 52.2 Å². The Hall–Kier alpha value is -5.22. The number of sulfonamides is 1. The second kappa shape index (κ2) is 18.4. The van der Waals surface area contributed by atoms with Gasteiger partial charge in [-0.15, -0.1) is 5.10 Å². The van der Waals surface area contributed by atoms with Gasteiger partial charge in [-0.05, 0) is 75.4 Å². The monoisotopic (exact) mass is 804 g/mol. The van der Waals surface area contributed by atoms with E-state index in [0.717, 1.165) is 44.5 Å². The Balaban J connectivity index is 1.03. The molecule has 3 N–H and O–H groups in total. The minimum Gasteiger partial charge on any atom is -0.392 e. The normalized spacial score (nSPS) is 17.6. The molecule has 1 saturated heterocycles. The van der Waals surface area contributed by atoms with Crippen LogP contribution in [-0.2, 0) is 50.9 Å². The zero-order chi connectivity index (χ0) is 39.8. The molecule has 0 bridgehead atoms. The van der Waals surface area contributed by atoms with E-state index in [-0.39, 0.29) is 36.7 Å². The van der Waals surface area contributed by atoms with Crippen molar-refractivity contribution in [3.8, 4) is 11.1 Å². The van der Waals surface area contributed by atoms with E-state index in [1.165, 1.54) is 23.9 Å². The molecule has 0 aliphatic carbocycles. The van der Waals surface area contributed by atoms with E-state index in [9.17, 15) is 18.3 Å². The molecule has 14 heteroatoms. The number of hydrogen-bond donors (Lipinski definition) is 3. The van der Waals surface area contributed by atoms with E-state index in [4.69, 9.17) is 9.47 Å². The van der Waals surface area contributed by atoms with Crippen molar-refractivity contribution in [3.05, 3.63) is 161 Å². The first-order valence-corrected chi connectivity index (χ1v) is 21.1. The third kappa shape index (κ3) is 10.4. The number of amides is 1. The highest BCUT2D eigenvalue weighted by atomic mass is 32.2. The molecule has 2 heterocycles. The highest BCUT2D eigenvalue weighted by molar-refractivity contribution is 7.99. The van der Waals surface area contributed by atoms with Crippen LogP contribution in [0.5, 0.6) is 0 Å². The molecule has 4 atom stereocenters. The average molecular weight is 805 g/mol. The number of aliphatic hydroxyl groups is 1. The SMILES string of the molecule is Cc1ccc(S(=O)(=O)N[C@H](Cc2ccccc2)C(=O)NCc2cccc(-c3ccc([C@H]4O[C@@H](CSc5nnnn5C)C[C@@H](c5ccc(CO)cc5)O4)cc3)c2)cc1. The van der Waals surface area contributed by atoms with Gasteiger partial charge in [0, 0.05) is 31.3 Å². The number of thioether (sulfide) groups is 1. The minimum atomic E-state index is -3.96. The predicted molar refractivity (Wildman–Crippen MR) is 217 cm³/mol. The number of carbonyl (C=O) groups excluding carboxylic acids is 1. The lowest BCUT2D eigenvalue weighted by molar-refractivity contribution is -0.245. The Bertz CT molecular complexity index is 2360. The van der Waals surface area contributed by atoms with Crippen molar-refractivity contribution < 1.29 is 27.8 Å². The second-order valence-corrected chi connectivity index (χ2v) is 16.7. The second-order valence-electron chi connectivity index (χ2n) is 14.0. The van der Waals surface area contributed by atoms with Crippen LogP contribution in [0.4, 0.5) is 0 Å². The average Bonchev–Trinajstić information content (AvgIpc) is 3.66. The van der Waals surface area contributed by atoms with E-state index in [1.54, 1.807) is 23.9 Å². The van der Waals surface area contributed by atoms with Gasteiger partial charge in [-0.3, -0.25) is 4.79 Å². The molecule has 0 spiro atoms. The van der Waals surface area contributed by atoms with Crippen molar-refractivity contribution in [1.82, 2.24) is 30.2 Å². The number of carbonyl (C=O) groups is 1. The number of tetrazole rings is 1. The summed E-state index contributed by atoms with van der Waals surface area (Å²) in [5.41, 5.74) is 7.25. The largest absolute Gasteiger partial charge is 0.392 e. The summed E-state index contributed by atoms with van der Waals surface area (Å²) in [4.78, 5) is 13.7. The molecule has 1 fully saturated rings. The summed E-state index contributed by atoms with van der Waals surface area (Å²) in [5, 5.41) is 25.0. The Labute approximate surface area is 336 Å². The molecular formula is C43H44N6O6S2. The molecule has 0 radical (unpaired) electrons. The third-order valence-corrected chi connectivity index (χ3v) is 12.4. The zero-order valence-corrected chi connectivity index (χ0v) is 33.2. The molecule has 0 saturated carbocycles. The van der Waals surface area contributed by atoms with Gasteiger partial charge >= 0.3 is 0 Å². The van der Waals surface area contributed by atoms with Crippen molar-refractivity contribution >= 4 is 27.7 Å². The number of hydrogen-bond acceptors (Lipinski definition) is 10. The molecule has 1 aliphatic heterocycles. The number of benzene rings is 5. The first kappa shape index (κ1) is 40.0. The topological polar surface area (TPSA) is 158 Å². The lowest BCUT2D eigenvalue weighted by atomic mass is 9.99. The Morgan fingerprint density at radius 2 is 1.58 bits per heavy atom. The lowest BCUT2D eigenvalue weighted by Crippen LogP contribution is -2.47. The summed E-state index contributed by atoms with van der Waals surface area (Å²) in [6, 6.07) is 38.5. The maximum absolute atomic E-state index is 13.6. The van der Waals surface area contributed by atoms with Crippen molar-refractivity contribution in [2.75, 3.05) is 5.75 Å². The van der Waals surface area contributed by atoms with E-state index in [0.29, 0.717) is 17.3 Å². The molecule has 1 aliphatic rings. The summed E-state index contributed by atoms with van der Waals surface area (Å²) < 4.78 is 44.0. The van der Waals surface area contributed by atoms with Crippen LogP contribution in [0.15, 0.2) is 137 Å². The molecular weight excluding hydrogens is 761 g/mol. The molecule has 12 nitrogen and oxygen atoms in total. The van der Waals surface area contributed by atoms with Crippen LogP contribution < -0.4 is 10.0 Å². The Morgan fingerprint density at radius 1 is 0.860 bits per heavy atom. The summed E-state index contributed by atoms with van der Waals surface area (Å²) in [5.74, 6) is 0.205. The van der Waals surface area contributed by atoms with Crippen molar-refractivity contribution in [2.24, 2.45) is 7.05 Å². The van der Waals surface area contributed by atoms with Gasteiger partial charge in [-0.2, -0.15) is 4.72 Å². The van der Waals surface area contributed by atoms with Crippen molar-refractivity contribution in [3.63, 3.8) is 0 Å². The summed E-state index contributed by atoms with van der Waals surface area (Å²) in [6.07, 6.45) is -0.164. The lowest BCUT2D eigenvalue weighted by Gasteiger charge is -2.36. The number of nitrogens with zero attached hydrogens (tertiary/aromatic N) is 4. The maximum Gasteiger partial charge on any atom is 0.241 e. The van der Waals surface area contributed by atoms with Crippen LogP contribution in [0.2, 0.25) is 0 Å². The molecule has 0 unspecified atom stereocenters. The molecule has 6 aromatic rings. The zero-order valence-electron chi connectivity index (χ0n) is 31.6. The summed E-state index contributed by atoms with van der Waals surface area (Å²) >= 11 is 1.53. The molecule has 1 aromatic heterocycles. The van der Waals surface area contributed by atoms with Crippen molar-refractivity contribution in [1.29, 1.82) is 0 Å². The number of aliphatic hydroxyl groups excluding tert-OH is 1. The third-order valence-electron chi connectivity index (χ3n) is 9.73. The van der Waals surface area contributed by atoms with Crippen LogP contribution in [0, 0.1) is 6.92 Å². The van der Waals surface area contributed by atoms with Crippen LogP contribution in [0.25, 0.3) is 11.1 Å². The highest BCUT2D eigenvalue weighted by Crippen LogP contribution is 2.39. The van der Waals surface area contributed by atoms with Crippen LogP contribution in [0.3, 0.4) is 0 Å². The number of ether oxygens (including phenoxy) is 2. The summed E-state index contributed by atoms with van der Waals surface area (Å²) in [6.45, 7) is 2.06. The molecule has 294 valence electrons. The number of rotatable bonds is 15. The number of aromatic nitrogens is 4. The van der Waals surface area contributed by atoms with E-state index < -0.39 is 28.3 Å². The fourth-order valence-electron chi connectivity index (χ4n) is 6.55. The van der Waals surface area contributed by atoms with Gasteiger partial charge in [-0.1, -0.05) is 127 Å². The van der Waals surface area contributed by atoms with E-state index in [1.807, 2.05) is 110 Å². The van der Waals surface area contributed by atoms with Crippen LogP contribution >= 0.6 is 11.8 Å². The quantitative estimate of drug-likeness (QED) is 0.102. The van der Waals surface area contributed by atoms with Gasteiger partial charge in [0.15, 0.2) is 6.29 Å². The fraction of sp³-hybridized carbons (Fsp3) is 0.256. The Kier molecular flexibility index (Phi) is 12.9. The van der Waals surface area contributed by atoms with Gasteiger partial charge in [0.1, 0.15) is 6.04 Å². The number of nitrogens with one attached hydrogen (secondary N) is 2. The fourth-order valence-corrected chi connectivity index (χ4v) is 8.61. The summed E-state index contributed by atoms with van der Waals surface area (Å²) in [7, 11) is -2.16. The first-order chi connectivity index (χ1) is 27.6. The van der Waals surface area contributed by atoms with Crippen LogP contribution in [-0.4, -0.2) is 57.5 Å². The van der Waals surface area contributed by atoms with Gasteiger partial charge in [0.2, 0.25) is 21.1 Å². The number of aryl methyl sites for hydroxylation is 2. The molecule has 7 rings (SSSR count). The molecule has 1 amide bonds. The van der Waals surface area contributed by atoms with Crippen molar-refractivity contribution in [2.45, 2.75) is 67.5 Å².